The maximum Gasteiger partial charge on any atom is 0.253 e. The van der Waals surface area contributed by atoms with Crippen LogP contribution < -0.4 is 10.2 Å². The van der Waals surface area contributed by atoms with Crippen LogP contribution in [0.3, 0.4) is 0 Å². The summed E-state index contributed by atoms with van der Waals surface area (Å²) in [5, 5.41) is 2.91. The van der Waals surface area contributed by atoms with Gasteiger partial charge in [-0.1, -0.05) is 43.7 Å². The Morgan fingerprint density at radius 1 is 0.974 bits per heavy atom. The molecule has 39 heavy (non-hydrogen) atoms. The van der Waals surface area contributed by atoms with E-state index >= 15 is 0 Å². The Hall–Kier alpha value is -3.39. The van der Waals surface area contributed by atoms with Crippen LogP contribution in [-0.4, -0.2) is 79.1 Å². The van der Waals surface area contributed by atoms with Crippen molar-refractivity contribution >= 4 is 23.4 Å². The molecule has 2 aliphatic rings. The van der Waals surface area contributed by atoms with E-state index in [9.17, 15) is 14.4 Å². The summed E-state index contributed by atoms with van der Waals surface area (Å²) in [6, 6.07) is 17.8. The van der Waals surface area contributed by atoms with Crippen LogP contribution in [0.25, 0.3) is 0 Å². The first-order valence-corrected chi connectivity index (χ1v) is 14.3. The van der Waals surface area contributed by atoms with Crippen molar-refractivity contribution in [2.24, 2.45) is 0 Å². The van der Waals surface area contributed by atoms with Gasteiger partial charge in [0.15, 0.2) is 0 Å². The molecule has 1 spiro atoms. The van der Waals surface area contributed by atoms with Gasteiger partial charge in [0, 0.05) is 44.1 Å². The van der Waals surface area contributed by atoms with Crippen molar-refractivity contribution in [1.29, 1.82) is 0 Å². The number of ether oxygens (including phenoxy) is 1. The van der Waals surface area contributed by atoms with E-state index in [2.05, 4.69) is 17.1 Å². The van der Waals surface area contributed by atoms with E-state index in [0.717, 1.165) is 31.4 Å². The summed E-state index contributed by atoms with van der Waals surface area (Å²) in [4.78, 5) is 45.4. The minimum absolute atomic E-state index is 0.00638. The van der Waals surface area contributed by atoms with Crippen molar-refractivity contribution in [2.75, 3.05) is 51.0 Å². The molecule has 210 valence electrons. The molecule has 2 heterocycles. The van der Waals surface area contributed by atoms with Crippen LogP contribution in [0.4, 0.5) is 5.69 Å². The third kappa shape index (κ3) is 6.79. The number of hydrogen-bond acceptors (Lipinski definition) is 5. The molecule has 1 N–H and O–H groups in total. The summed E-state index contributed by atoms with van der Waals surface area (Å²) in [5.74, 6) is -0.199. The second-order valence-corrected chi connectivity index (χ2v) is 10.4. The minimum Gasteiger partial charge on any atom is -0.382 e. The lowest BCUT2D eigenvalue weighted by atomic mass is 9.85. The zero-order valence-corrected chi connectivity index (χ0v) is 23.4. The van der Waals surface area contributed by atoms with Crippen LogP contribution in [0, 0.1) is 0 Å². The molecule has 2 aromatic carbocycles. The Bertz CT molecular complexity index is 1100. The lowest BCUT2D eigenvalue weighted by Crippen LogP contribution is -2.57. The molecule has 2 aliphatic heterocycles. The molecule has 0 saturated carbocycles. The first-order valence-electron chi connectivity index (χ1n) is 14.3. The lowest BCUT2D eigenvalue weighted by Gasteiger charge is -2.43. The van der Waals surface area contributed by atoms with Gasteiger partial charge in [0.2, 0.25) is 5.91 Å². The van der Waals surface area contributed by atoms with Crippen molar-refractivity contribution in [3.63, 3.8) is 0 Å². The number of nitrogens with one attached hydrogen (secondary N) is 1. The topological polar surface area (TPSA) is 82.2 Å². The van der Waals surface area contributed by atoms with Crippen LogP contribution in [-0.2, 0) is 20.7 Å². The predicted octanol–water partition coefficient (Wildman–Crippen LogP) is 3.85. The number of rotatable bonds is 12. The normalized spacial score (nSPS) is 16.7. The Morgan fingerprint density at radius 2 is 1.69 bits per heavy atom. The fourth-order valence-corrected chi connectivity index (χ4v) is 5.56. The van der Waals surface area contributed by atoms with Crippen LogP contribution in [0.2, 0.25) is 0 Å². The first-order chi connectivity index (χ1) is 19.0. The highest BCUT2D eigenvalue weighted by Crippen LogP contribution is 2.39. The average Bonchev–Trinajstić information content (AvgIpc) is 3.22. The summed E-state index contributed by atoms with van der Waals surface area (Å²) in [7, 11) is 0. The second kappa shape index (κ2) is 13.6. The average molecular weight is 535 g/mol. The van der Waals surface area contributed by atoms with E-state index in [-0.39, 0.29) is 24.3 Å². The highest BCUT2D eigenvalue weighted by atomic mass is 16.5. The molecule has 0 radical (unpaired) electrons. The Morgan fingerprint density at radius 3 is 2.36 bits per heavy atom. The molecule has 0 atom stereocenters. The predicted molar refractivity (Wildman–Crippen MR) is 153 cm³/mol. The number of anilines is 1. The largest absolute Gasteiger partial charge is 0.382 e. The number of carbonyl (C=O) groups is 3. The molecule has 3 amide bonds. The van der Waals surface area contributed by atoms with E-state index in [1.54, 1.807) is 4.90 Å². The van der Waals surface area contributed by atoms with Crippen LogP contribution >= 0.6 is 0 Å². The molecular formula is C31H42N4O4. The van der Waals surface area contributed by atoms with Crippen LogP contribution in [0.15, 0.2) is 54.6 Å². The highest BCUT2D eigenvalue weighted by Gasteiger charge is 2.54. The third-order valence-electron chi connectivity index (χ3n) is 7.81. The standard InChI is InChI=1S/C31H42N4O4/c1-3-5-10-25-13-15-26(16-14-25)29(37)33-20-17-31(18-21-33)30(38)34(23-28(36)32-19-9-22-39-4-2)24-35(31)27-11-7-6-8-12-27/h6-8,11-16H,3-5,9-10,17-24H2,1-2H3,(H,32,36). The number of nitrogens with zero attached hydrogens (tertiary/aromatic N) is 3. The molecule has 8 nitrogen and oxygen atoms in total. The molecule has 2 aromatic rings. The second-order valence-electron chi connectivity index (χ2n) is 10.4. The number of amides is 3. The van der Waals surface area contributed by atoms with Crippen molar-refractivity contribution in [2.45, 2.75) is 57.9 Å². The lowest BCUT2D eigenvalue weighted by molar-refractivity contribution is -0.137. The Labute approximate surface area is 232 Å². The number of likely N-dealkylation sites (tertiary alicyclic amines) is 1. The number of carbonyl (C=O) groups excluding carboxylic acids is 3. The molecule has 2 fully saturated rings. The SMILES string of the molecule is CCCCc1ccc(C(=O)N2CCC3(CC2)C(=O)N(CC(=O)NCCCOCC)CN3c2ccccc2)cc1. The molecular weight excluding hydrogens is 492 g/mol. The van der Waals surface area contributed by atoms with Gasteiger partial charge in [-0.05, 0) is 68.9 Å². The smallest absolute Gasteiger partial charge is 0.253 e. The van der Waals surface area contributed by atoms with Gasteiger partial charge in [0.1, 0.15) is 12.1 Å². The fourth-order valence-electron chi connectivity index (χ4n) is 5.56. The Balaban J connectivity index is 1.42. The van der Waals surface area contributed by atoms with Gasteiger partial charge in [-0.25, -0.2) is 0 Å². The molecule has 0 aliphatic carbocycles. The molecule has 4 rings (SSSR count). The molecule has 0 bridgehead atoms. The number of piperidine rings is 1. The summed E-state index contributed by atoms with van der Waals surface area (Å²) < 4.78 is 5.33. The molecule has 8 heteroatoms. The number of hydrogen-bond donors (Lipinski definition) is 1. The fraction of sp³-hybridized carbons (Fsp3) is 0.516. The van der Waals surface area contributed by atoms with Gasteiger partial charge in [-0.3, -0.25) is 14.4 Å². The van der Waals surface area contributed by atoms with Crippen LogP contribution in [0.5, 0.6) is 0 Å². The summed E-state index contributed by atoms with van der Waals surface area (Å²) >= 11 is 0. The van der Waals surface area contributed by atoms with Gasteiger partial charge in [-0.15, -0.1) is 0 Å². The number of aryl methyl sites for hydroxylation is 1. The summed E-state index contributed by atoms with van der Waals surface area (Å²) in [6.45, 7) is 7.24. The third-order valence-corrected chi connectivity index (χ3v) is 7.81. The highest BCUT2D eigenvalue weighted by molar-refractivity contribution is 5.97. The van der Waals surface area contributed by atoms with Gasteiger partial charge < -0.3 is 24.8 Å². The van der Waals surface area contributed by atoms with Crippen molar-refractivity contribution in [3.8, 4) is 0 Å². The summed E-state index contributed by atoms with van der Waals surface area (Å²) in [6.07, 6.45) is 5.09. The van der Waals surface area contributed by atoms with Crippen molar-refractivity contribution < 1.29 is 19.1 Å². The van der Waals surface area contributed by atoms with E-state index in [1.807, 2.05) is 66.4 Å². The van der Waals surface area contributed by atoms with Crippen LogP contribution in [0.1, 0.15) is 61.9 Å². The van der Waals surface area contributed by atoms with E-state index in [0.29, 0.717) is 57.9 Å². The minimum atomic E-state index is -0.766. The monoisotopic (exact) mass is 534 g/mol. The van der Waals surface area contributed by atoms with Gasteiger partial charge in [0.05, 0.1) is 6.67 Å². The quantitative estimate of drug-likeness (QED) is 0.419. The number of unbranched alkanes of at least 4 members (excludes halogenated alkanes) is 1. The molecule has 2 saturated heterocycles. The first kappa shape index (κ1) is 28.6. The maximum atomic E-state index is 13.9. The van der Waals surface area contributed by atoms with Crippen molar-refractivity contribution in [1.82, 2.24) is 15.1 Å². The van der Waals surface area contributed by atoms with E-state index < -0.39 is 5.54 Å². The van der Waals surface area contributed by atoms with E-state index in [1.165, 1.54) is 5.56 Å². The van der Waals surface area contributed by atoms with Gasteiger partial charge in [0.25, 0.3) is 11.8 Å². The maximum absolute atomic E-state index is 13.9. The zero-order valence-electron chi connectivity index (χ0n) is 23.4. The zero-order chi connectivity index (χ0) is 27.7. The Kier molecular flexibility index (Phi) is 9.98. The van der Waals surface area contributed by atoms with Gasteiger partial charge in [-0.2, -0.15) is 0 Å². The number of para-hydroxylation sites is 1. The van der Waals surface area contributed by atoms with Crippen molar-refractivity contribution in [3.05, 3.63) is 65.7 Å². The molecule has 0 aromatic heterocycles. The van der Waals surface area contributed by atoms with Gasteiger partial charge >= 0.3 is 0 Å². The number of benzene rings is 2. The molecule has 0 unspecified atom stereocenters. The summed E-state index contributed by atoms with van der Waals surface area (Å²) in [5.41, 5.74) is 2.12. The van der Waals surface area contributed by atoms with E-state index in [4.69, 9.17) is 4.74 Å².